The van der Waals surface area contributed by atoms with E-state index in [4.69, 9.17) is 0 Å². The van der Waals surface area contributed by atoms with Crippen LogP contribution in [0.3, 0.4) is 0 Å². The quantitative estimate of drug-likeness (QED) is 0.845. The predicted octanol–water partition coefficient (Wildman–Crippen LogP) is 4.00. The molecule has 3 rings (SSSR count). The van der Waals surface area contributed by atoms with Crippen LogP contribution in [0.2, 0.25) is 0 Å². The van der Waals surface area contributed by atoms with E-state index in [1.807, 2.05) is 55.2 Å². The zero-order chi connectivity index (χ0) is 14.3. The third-order valence-electron chi connectivity index (χ3n) is 3.53. The molecule has 100 valence electrons. The number of thioether (sulfide) groups is 1. The Balaban J connectivity index is 2.08. The molecule has 0 saturated heterocycles. The molecule has 0 aliphatic carbocycles. The van der Waals surface area contributed by atoms with E-state index in [0.717, 1.165) is 21.7 Å². The maximum Gasteiger partial charge on any atom is 0.207 e. The monoisotopic (exact) mass is 282 g/mol. The molecule has 1 N–H and O–H groups in total. The van der Waals surface area contributed by atoms with Gasteiger partial charge in [0.05, 0.1) is 16.5 Å². The molecule has 0 bridgehead atoms. The molecule has 1 atom stereocenters. The van der Waals surface area contributed by atoms with E-state index < -0.39 is 0 Å². The molecule has 2 heterocycles. The van der Waals surface area contributed by atoms with Gasteiger partial charge in [-0.15, -0.1) is 0 Å². The standard InChI is InChI=1S/C16H14N2OS/c1-10-8-11(2)18-15(19)14(12-6-4-3-5-7-12)20-16(18)13(10)9-17/h3-8,16,19H,1-2H3. The lowest BCUT2D eigenvalue weighted by Gasteiger charge is -2.30. The number of fused-ring (bicyclic) bond motifs is 1. The van der Waals surface area contributed by atoms with Crippen LogP contribution in [0, 0.1) is 11.3 Å². The minimum atomic E-state index is -0.153. The zero-order valence-electron chi connectivity index (χ0n) is 11.3. The molecule has 0 amide bonds. The predicted molar refractivity (Wildman–Crippen MR) is 81.3 cm³/mol. The van der Waals surface area contributed by atoms with Crippen molar-refractivity contribution in [2.24, 2.45) is 0 Å². The highest BCUT2D eigenvalue weighted by Crippen LogP contribution is 2.49. The first-order valence-corrected chi connectivity index (χ1v) is 7.25. The summed E-state index contributed by atoms with van der Waals surface area (Å²) in [4.78, 5) is 2.66. The second kappa shape index (κ2) is 4.77. The lowest BCUT2D eigenvalue weighted by Crippen LogP contribution is -2.31. The molecule has 0 saturated carbocycles. The molecular formula is C16H14N2OS. The van der Waals surface area contributed by atoms with Crippen molar-refractivity contribution in [2.75, 3.05) is 0 Å². The van der Waals surface area contributed by atoms with Gasteiger partial charge < -0.3 is 5.11 Å². The van der Waals surface area contributed by atoms with Crippen molar-refractivity contribution >= 4 is 16.7 Å². The van der Waals surface area contributed by atoms with E-state index >= 15 is 0 Å². The fourth-order valence-corrected chi connectivity index (χ4v) is 3.99. The Morgan fingerprint density at radius 3 is 2.60 bits per heavy atom. The van der Waals surface area contributed by atoms with Crippen LogP contribution in [0.15, 0.2) is 59.1 Å². The van der Waals surface area contributed by atoms with Gasteiger partial charge in [-0.1, -0.05) is 42.1 Å². The van der Waals surface area contributed by atoms with Gasteiger partial charge in [0.2, 0.25) is 5.88 Å². The smallest absolute Gasteiger partial charge is 0.207 e. The molecule has 1 unspecified atom stereocenters. The Hall–Kier alpha value is -2.12. The van der Waals surface area contributed by atoms with Crippen molar-refractivity contribution in [1.29, 1.82) is 5.26 Å². The van der Waals surface area contributed by atoms with Gasteiger partial charge >= 0.3 is 0 Å². The van der Waals surface area contributed by atoms with Gasteiger partial charge in [0.25, 0.3) is 0 Å². The van der Waals surface area contributed by atoms with Gasteiger partial charge in [-0.05, 0) is 31.1 Å². The summed E-state index contributed by atoms with van der Waals surface area (Å²) in [7, 11) is 0. The second-order valence-corrected chi connectivity index (χ2v) is 5.94. The van der Waals surface area contributed by atoms with Crippen molar-refractivity contribution in [3.8, 4) is 6.07 Å². The van der Waals surface area contributed by atoms with Crippen LogP contribution in [-0.4, -0.2) is 15.4 Å². The summed E-state index contributed by atoms with van der Waals surface area (Å²) in [5, 5.41) is 19.7. The van der Waals surface area contributed by atoms with Gasteiger partial charge in [0, 0.05) is 5.70 Å². The van der Waals surface area contributed by atoms with E-state index in [-0.39, 0.29) is 11.3 Å². The van der Waals surface area contributed by atoms with Crippen LogP contribution in [0.4, 0.5) is 0 Å². The average molecular weight is 282 g/mol. The highest BCUT2D eigenvalue weighted by Gasteiger charge is 2.39. The minimum absolute atomic E-state index is 0.153. The first-order chi connectivity index (χ1) is 9.63. The van der Waals surface area contributed by atoms with Crippen LogP contribution >= 0.6 is 11.8 Å². The fraction of sp³-hybridized carbons (Fsp3) is 0.188. The maximum absolute atomic E-state index is 10.5. The summed E-state index contributed by atoms with van der Waals surface area (Å²) in [6.45, 7) is 3.90. The third-order valence-corrected chi connectivity index (χ3v) is 4.85. The largest absolute Gasteiger partial charge is 0.494 e. The highest BCUT2D eigenvalue weighted by atomic mass is 32.2. The molecule has 2 aliphatic rings. The van der Waals surface area contributed by atoms with Crippen molar-refractivity contribution in [3.63, 3.8) is 0 Å². The van der Waals surface area contributed by atoms with Crippen molar-refractivity contribution in [3.05, 3.63) is 64.7 Å². The number of hydrogen-bond donors (Lipinski definition) is 1. The van der Waals surface area contributed by atoms with Crippen LogP contribution in [0.25, 0.3) is 4.91 Å². The molecule has 1 aromatic rings. The Morgan fingerprint density at radius 2 is 1.95 bits per heavy atom. The van der Waals surface area contributed by atoms with E-state index in [9.17, 15) is 10.4 Å². The summed E-state index contributed by atoms with van der Waals surface area (Å²) >= 11 is 1.53. The maximum atomic E-state index is 10.5. The van der Waals surface area contributed by atoms with Gasteiger partial charge in [-0.3, -0.25) is 4.90 Å². The van der Waals surface area contributed by atoms with Crippen molar-refractivity contribution in [1.82, 2.24) is 4.90 Å². The number of hydrogen-bond acceptors (Lipinski definition) is 4. The van der Waals surface area contributed by atoms with Crippen LogP contribution in [0.5, 0.6) is 0 Å². The molecule has 1 aromatic carbocycles. The van der Waals surface area contributed by atoms with Gasteiger partial charge in [-0.25, -0.2) is 0 Å². The molecule has 2 aliphatic heterocycles. The Morgan fingerprint density at radius 1 is 1.25 bits per heavy atom. The lowest BCUT2D eigenvalue weighted by molar-refractivity contribution is 0.249. The normalized spacial score (nSPS) is 21.8. The highest BCUT2D eigenvalue weighted by molar-refractivity contribution is 8.09. The fourth-order valence-electron chi connectivity index (χ4n) is 2.56. The summed E-state index contributed by atoms with van der Waals surface area (Å²) in [6, 6.07) is 12.1. The number of aliphatic hydroxyl groups excluding tert-OH is 1. The van der Waals surface area contributed by atoms with Gasteiger partial charge in [0.1, 0.15) is 5.37 Å². The number of rotatable bonds is 1. The lowest BCUT2D eigenvalue weighted by atomic mass is 10.0. The van der Waals surface area contributed by atoms with Crippen LogP contribution < -0.4 is 0 Å². The number of nitriles is 1. The van der Waals surface area contributed by atoms with E-state index in [0.29, 0.717) is 5.57 Å². The molecule has 0 radical (unpaired) electrons. The summed E-state index contributed by atoms with van der Waals surface area (Å²) < 4.78 is 0. The zero-order valence-corrected chi connectivity index (χ0v) is 12.1. The number of allylic oxidation sites excluding steroid dienone is 3. The molecule has 0 fully saturated rings. The number of aliphatic hydroxyl groups is 1. The topological polar surface area (TPSA) is 47.3 Å². The second-order valence-electron chi connectivity index (χ2n) is 4.85. The molecule has 20 heavy (non-hydrogen) atoms. The molecule has 0 spiro atoms. The van der Waals surface area contributed by atoms with E-state index in [1.54, 1.807) is 0 Å². The molecule has 0 aromatic heterocycles. The summed E-state index contributed by atoms with van der Waals surface area (Å²) in [6.07, 6.45) is 1.94. The minimum Gasteiger partial charge on any atom is -0.494 e. The van der Waals surface area contributed by atoms with E-state index in [2.05, 4.69) is 6.07 Å². The molecule has 4 heteroatoms. The van der Waals surface area contributed by atoms with Crippen LogP contribution in [0.1, 0.15) is 19.4 Å². The van der Waals surface area contributed by atoms with Crippen molar-refractivity contribution < 1.29 is 5.11 Å². The van der Waals surface area contributed by atoms with Gasteiger partial charge in [0.15, 0.2) is 0 Å². The molecule has 3 nitrogen and oxygen atoms in total. The SMILES string of the molecule is CC1=CC(C)=C(C#N)C2SC(c3ccccc3)=C(O)N12. The number of nitrogens with zero attached hydrogens (tertiary/aromatic N) is 2. The van der Waals surface area contributed by atoms with E-state index in [1.165, 1.54) is 11.8 Å². The van der Waals surface area contributed by atoms with Crippen molar-refractivity contribution in [2.45, 2.75) is 19.2 Å². The Bertz CT molecular complexity index is 695. The summed E-state index contributed by atoms with van der Waals surface area (Å²) in [5.74, 6) is 0.236. The Labute approximate surface area is 122 Å². The number of benzene rings is 1. The average Bonchev–Trinajstić information content (AvgIpc) is 2.78. The molecular weight excluding hydrogens is 268 g/mol. The Kier molecular flexibility index (Phi) is 3.07. The first-order valence-electron chi connectivity index (χ1n) is 6.37. The first kappa shape index (κ1) is 12.9. The van der Waals surface area contributed by atoms with Gasteiger partial charge in [-0.2, -0.15) is 5.26 Å². The van der Waals surface area contributed by atoms with Crippen LogP contribution in [-0.2, 0) is 0 Å². The summed E-state index contributed by atoms with van der Waals surface area (Å²) in [5.41, 5.74) is 3.62. The third kappa shape index (κ3) is 1.83.